The molecule has 0 aliphatic carbocycles. The molecule has 0 aliphatic rings. The van der Waals surface area contributed by atoms with Crippen molar-refractivity contribution in [1.82, 2.24) is 0 Å². The Morgan fingerprint density at radius 1 is 1.09 bits per heavy atom. The molecule has 0 aromatic rings. The third kappa shape index (κ3) is 6.09. The van der Waals surface area contributed by atoms with Gasteiger partial charge in [0.1, 0.15) is 5.67 Å². The van der Waals surface area contributed by atoms with Crippen molar-refractivity contribution in [2.45, 2.75) is 31.6 Å². The highest BCUT2D eigenvalue weighted by Crippen LogP contribution is 2.26. The molecule has 0 heterocycles. The van der Waals surface area contributed by atoms with Crippen LogP contribution in [0.1, 0.15) is 19.8 Å². The summed E-state index contributed by atoms with van der Waals surface area (Å²) in [6.45, 7) is 0.696. The number of hydrogen-bond donors (Lipinski definition) is 1. The molecule has 0 radical (unpaired) electrons. The second-order valence-electron chi connectivity index (χ2n) is 2.73. The Balaban J connectivity index is 3.70. The van der Waals surface area contributed by atoms with Gasteiger partial charge in [-0.05, 0) is 13.3 Å². The van der Waals surface area contributed by atoms with Crippen molar-refractivity contribution in [3.05, 3.63) is 0 Å². The summed E-state index contributed by atoms with van der Waals surface area (Å²) in [7, 11) is 0. The van der Waals surface area contributed by atoms with Gasteiger partial charge >= 0.3 is 6.18 Å². The first-order chi connectivity index (χ1) is 4.77. The standard InChI is InChI=1S/C6H11F4N/c1-5(7,4-11)2-3-6(8,9)10/h2-4,11H2,1H3. The molecule has 0 spiro atoms. The normalized spacial score (nSPS) is 18.0. The molecule has 0 rings (SSSR count). The zero-order valence-corrected chi connectivity index (χ0v) is 6.21. The summed E-state index contributed by atoms with van der Waals surface area (Å²) in [5.41, 5.74) is 3.00. The molecular formula is C6H11F4N. The first-order valence-corrected chi connectivity index (χ1v) is 3.22. The monoisotopic (exact) mass is 173 g/mol. The molecular weight excluding hydrogens is 162 g/mol. The number of rotatable bonds is 3. The predicted molar refractivity (Wildman–Crippen MR) is 33.9 cm³/mol. The van der Waals surface area contributed by atoms with Gasteiger partial charge in [0.2, 0.25) is 0 Å². The zero-order valence-electron chi connectivity index (χ0n) is 6.21. The Morgan fingerprint density at radius 2 is 1.55 bits per heavy atom. The van der Waals surface area contributed by atoms with Crippen LogP contribution in [0.15, 0.2) is 0 Å². The van der Waals surface area contributed by atoms with Crippen LogP contribution in [0.4, 0.5) is 17.6 Å². The van der Waals surface area contributed by atoms with Gasteiger partial charge in [-0.3, -0.25) is 0 Å². The van der Waals surface area contributed by atoms with E-state index < -0.39 is 24.7 Å². The van der Waals surface area contributed by atoms with Gasteiger partial charge in [-0.1, -0.05) is 0 Å². The van der Waals surface area contributed by atoms with Gasteiger partial charge in [0.25, 0.3) is 0 Å². The first kappa shape index (κ1) is 10.7. The Bertz CT molecular complexity index is 118. The van der Waals surface area contributed by atoms with E-state index in [9.17, 15) is 17.6 Å². The molecule has 0 fully saturated rings. The summed E-state index contributed by atoms with van der Waals surface area (Å²) in [5.74, 6) is 0. The Morgan fingerprint density at radius 3 is 1.82 bits per heavy atom. The highest BCUT2D eigenvalue weighted by Gasteiger charge is 2.32. The molecule has 0 bridgehead atoms. The van der Waals surface area contributed by atoms with Gasteiger partial charge < -0.3 is 5.73 Å². The number of halogens is 4. The molecule has 2 N–H and O–H groups in total. The average Bonchev–Trinajstić information content (AvgIpc) is 1.83. The van der Waals surface area contributed by atoms with E-state index in [1.165, 1.54) is 0 Å². The summed E-state index contributed by atoms with van der Waals surface area (Å²) in [5, 5.41) is 0. The summed E-state index contributed by atoms with van der Waals surface area (Å²) >= 11 is 0. The summed E-state index contributed by atoms with van der Waals surface area (Å²) in [6, 6.07) is 0. The van der Waals surface area contributed by atoms with Crippen LogP contribution in [0.5, 0.6) is 0 Å². The van der Waals surface area contributed by atoms with E-state index in [0.717, 1.165) is 6.92 Å². The molecule has 0 aromatic carbocycles. The maximum atomic E-state index is 12.7. The average molecular weight is 173 g/mol. The summed E-state index contributed by atoms with van der Waals surface area (Å²) in [6.07, 6.45) is -5.97. The highest BCUT2D eigenvalue weighted by molar-refractivity contribution is 4.75. The van der Waals surface area contributed by atoms with E-state index >= 15 is 0 Å². The van der Waals surface area contributed by atoms with Crippen molar-refractivity contribution in [2.24, 2.45) is 5.73 Å². The Labute approximate surface area is 62.6 Å². The fraction of sp³-hybridized carbons (Fsp3) is 1.00. The third-order valence-corrected chi connectivity index (χ3v) is 1.36. The van der Waals surface area contributed by atoms with Crippen LogP contribution >= 0.6 is 0 Å². The molecule has 1 nitrogen and oxygen atoms in total. The second kappa shape index (κ2) is 3.38. The van der Waals surface area contributed by atoms with Crippen molar-refractivity contribution in [2.75, 3.05) is 6.54 Å². The molecule has 0 saturated heterocycles. The van der Waals surface area contributed by atoms with Crippen LogP contribution in [0.25, 0.3) is 0 Å². The third-order valence-electron chi connectivity index (χ3n) is 1.36. The van der Waals surface area contributed by atoms with Crippen LogP contribution in [0.3, 0.4) is 0 Å². The van der Waals surface area contributed by atoms with Crippen LogP contribution in [0.2, 0.25) is 0 Å². The molecule has 1 unspecified atom stereocenters. The van der Waals surface area contributed by atoms with Crippen LogP contribution in [0, 0.1) is 0 Å². The summed E-state index contributed by atoms with van der Waals surface area (Å²) < 4.78 is 47.3. The van der Waals surface area contributed by atoms with Gasteiger partial charge in [-0.2, -0.15) is 13.2 Å². The minimum absolute atomic E-state index is 0.372. The number of alkyl halides is 4. The Kier molecular flexibility index (Phi) is 3.29. The maximum Gasteiger partial charge on any atom is 0.389 e. The Hall–Kier alpha value is -0.320. The molecule has 0 aliphatic heterocycles. The lowest BCUT2D eigenvalue weighted by Crippen LogP contribution is -2.30. The van der Waals surface area contributed by atoms with E-state index in [2.05, 4.69) is 0 Å². The SMILES string of the molecule is CC(F)(CN)CCC(F)(F)F. The fourth-order valence-corrected chi connectivity index (χ4v) is 0.504. The van der Waals surface area contributed by atoms with Crippen LogP contribution in [-0.2, 0) is 0 Å². The topological polar surface area (TPSA) is 26.0 Å². The molecule has 1 atom stereocenters. The smallest absolute Gasteiger partial charge is 0.328 e. The molecule has 0 amide bonds. The van der Waals surface area contributed by atoms with Crippen molar-refractivity contribution >= 4 is 0 Å². The number of nitrogens with two attached hydrogens (primary N) is 1. The lowest BCUT2D eigenvalue weighted by molar-refractivity contribution is -0.141. The summed E-state index contributed by atoms with van der Waals surface area (Å²) in [4.78, 5) is 0. The van der Waals surface area contributed by atoms with Gasteiger partial charge in [0.15, 0.2) is 0 Å². The zero-order chi connectivity index (χ0) is 9.12. The quantitative estimate of drug-likeness (QED) is 0.649. The first-order valence-electron chi connectivity index (χ1n) is 3.22. The van der Waals surface area contributed by atoms with Gasteiger partial charge in [-0.25, -0.2) is 4.39 Å². The van der Waals surface area contributed by atoms with Crippen LogP contribution < -0.4 is 5.73 Å². The minimum atomic E-state index is -4.29. The van der Waals surface area contributed by atoms with Gasteiger partial charge in [0.05, 0.1) is 0 Å². The molecule has 11 heavy (non-hydrogen) atoms. The van der Waals surface area contributed by atoms with E-state index in [0.29, 0.717) is 0 Å². The van der Waals surface area contributed by atoms with E-state index in [4.69, 9.17) is 5.73 Å². The van der Waals surface area contributed by atoms with Crippen molar-refractivity contribution in [3.63, 3.8) is 0 Å². The van der Waals surface area contributed by atoms with E-state index in [1.807, 2.05) is 0 Å². The minimum Gasteiger partial charge on any atom is -0.328 e. The lowest BCUT2D eigenvalue weighted by atomic mass is 10.0. The van der Waals surface area contributed by atoms with Crippen molar-refractivity contribution in [1.29, 1.82) is 0 Å². The van der Waals surface area contributed by atoms with E-state index in [-0.39, 0.29) is 6.54 Å². The van der Waals surface area contributed by atoms with Crippen molar-refractivity contribution < 1.29 is 17.6 Å². The maximum absolute atomic E-state index is 12.7. The largest absolute Gasteiger partial charge is 0.389 e. The van der Waals surface area contributed by atoms with E-state index in [1.54, 1.807) is 0 Å². The highest BCUT2D eigenvalue weighted by atomic mass is 19.4. The van der Waals surface area contributed by atoms with Crippen molar-refractivity contribution in [3.8, 4) is 0 Å². The fourth-order valence-electron chi connectivity index (χ4n) is 0.504. The molecule has 5 heteroatoms. The molecule has 68 valence electrons. The predicted octanol–water partition coefficient (Wildman–Crippen LogP) is 2.02. The van der Waals surface area contributed by atoms with Gasteiger partial charge in [-0.15, -0.1) is 0 Å². The number of hydrogen-bond acceptors (Lipinski definition) is 1. The second-order valence-corrected chi connectivity index (χ2v) is 2.73. The van der Waals surface area contributed by atoms with Crippen LogP contribution in [-0.4, -0.2) is 18.4 Å². The molecule has 0 aromatic heterocycles. The molecule has 0 saturated carbocycles. The lowest BCUT2D eigenvalue weighted by Gasteiger charge is -2.18. The van der Waals surface area contributed by atoms with Gasteiger partial charge in [0, 0.05) is 13.0 Å².